The van der Waals surface area contributed by atoms with Crippen LogP contribution in [0, 0.1) is 12.8 Å². The summed E-state index contributed by atoms with van der Waals surface area (Å²) < 4.78 is 5.82. The van der Waals surface area contributed by atoms with Gasteiger partial charge in [0.25, 0.3) is 0 Å². The highest BCUT2D eigenvalue weighted by atomic mass is 16.5. The van der Waals surface area contributed by atoms with E-state index >= 15 is 0 Å². The van der Waals surface area contributed by atoms with Gasteiger partial charge in [-0.3, -0.25) is 14.4 Å². The first-order valence-corrected chi connectivity index (χ1v) is 14.7. The van der Waals surface area contributed by atoms with Gasteiger partial charge in [0, 0.05) is 23.0 Å². The molecule has 0 aromatic heterocycles. The molecular formula is C37H32N2O4. The number of fused-ring (bicyclic) bond motifs is 6. The number of carbonyl (C=O) groups is 3. The van der Waals surface area contributed by atoms with E-state index in [9.17, 15) is 14.4 Å². The van der Waals surface area contributed by atoms with E-state index in [0.29, 0.717) is 22.6 Å². The van der Waals surface area contributed by atoms with E-state index in [-0.39, 0.29) is 23.6 Å². The molecule has 6 nitrogen and oxygen atoms in total. The van der Waals surface area contributed by atoms with E-state index in [4.69, 9.17) is 4.74 Å². The molecule has 0 bridgehead atoms. The number of para-hydroxylation sites is 1. The molecule has 3 heterocycles. The maximum Gasteiger partial charge on any atom is 0.238 e. The fourth-order valence-electron chi connectivity index (χ4n) is 7.21. The molecule has 1 N–H and O–H groups in total. The number of hydrogen-bond donors (Lipinski definition) is 1. The smallest absolute Gasteiger partial charge is 0.238 e. The highest BCUT2D eigenvalue weighted by Crippen LogP contribution is 2.62. The lowest BCUT2D eigenvalue weighted by atomic mass is 9.62. The second-order valence-electron chi connectivity index (χ2n) is 11.9. The van der Waals surface area contributed by atoms with Crippen LogP contribution in [0.25, 0.3) is 6.08 Å². The quantitative estimate of drug-likeness (QED) is 0.260. The standard InChI is InChI=1S/C37H32N2O4/c1-22(2)43-27-18-16-26(17-19-27)34(41)32-31(33(40)25-14-12-23(3)13-15-25)37(29-10-6-7-11-30(29)38-36(37)42)35-28-9-5-4-8-24(28)20-21-39(32)35/h4-22,31-32,35H,1-3H3,(H,38,42)/t31-,32+,35+,37+/m0/s1. The normalized spacial score (nSPS) is 23.1. The molecule has 214 valence electrons. The third-order valence-corrected chi connectivity index (χ3v) is 8.97. The first-order chi connectivity index (χ1) is 20.8. The molecule has 43 heavy (non-hydrogen) atoms. The number of carbonyl (C=O) groups excluding carboxylic acids is 3. The Kier molecular flexibility index (Phi) is 6.31. The molecule has 7 rings (SSSR count). The van der Waals surface area contributed by atoms with Gasteiger partial charge in [0.2, 0.25) is 5.91 Å². The Morgan fingerprint density at radius 1 is 0.837 bits per heavy atom. The minimum absolute atomic E-state index is 0.00647. The average Bonchev–Trinajstić information content (AvgIpc) is 3.49. The van der Waals surface area contributed by atoms with E-state index in [2.05, 4.69) is 5.32 Å². The summed E-state index contributed by atoms with van der Waals surface area (Å²) in [4.78, 5) is 46.0. The molecule has 1 amide bonds. The van der Waals surface area contributed by atoms with Crippen LogP contribution in [0.1, 0.15) is 62.9 Å². The van der Waals surface area contributed by atoms with Crippen molar-refractivity contribution in [2.45, 2.75) is 44.4 Å². The third kappa shape index (κ3) is 4.04. The van der Waals surface area contributed by atoms with Crippen LogP contribution in [0.5, 0.6) is 5.75 Å². The molecule has 1 spiro atoms. The van der Waals surface area contributed by atoms with Crippen molar-refractivity contribution in [3.05, 3.63) is 137 Å². The Bertz CT molecular complexity index is 1790. The molecule has 0 unspecified atom stereocenters. The van der Waals surface area contributed by atoms with Crippen LogP contribution in [0.2, 0.25) is 0 Å². The number of nitrogens with one attached hydrogen (secondary N) is 1. The monoisotopic (exact) mass is 568 g/mol. The van der Waals surface area contributed by atoms with E-state index in [1.54, 1.807) is 36.4 Å². The number of aryl methyl sites for hydroxylation is 1. The van der Waals surface area contributed by atoms with Gasteiger partial charge in [0.05, 0.1) is 18.1 Å². The van der Waals surface area contributed by atoms with Gasteiger partial charge in [0.15, 0.2) is 11.6 Å². The Morgan fingerprint density at radius 3 is 2.23 bits per heavy atom. The van der Waals surface area contributed by atoms with Gasteiger partial charge in [-0.05, 0) is 73.9 Å². The lowest BCUT2D eigenvalue weighted by Gasteiger charge is -2.38. The number of rotatable bonds is 6. The van der Waals surface area contributed by atoms with Crippen molar-refractivity contribution in [2.75, 3.05) is 5.32 Å². The first kappa shape index (κ1) is 26.9. The zero-order valence-corrected chi connectivity index (χ0v) is 24.3. The number of nitrogens with zero attached hydrogens (tertiary/aromatic N) is 1. The lowest BCUT2D eigenvalue weighted by molar-refractivity contribution is -0.122. The number of anilines is 1. The van der Waals surface area contributed by atoms with Crippen LogP contribution in [0.3, 0.4) is 0 Å². The zero-order chi connectivity index (χ0) is 29.9. The largest absolute Gasteiger partial charge is 0.491 e. The number of Topliss-reactive ketones (excluding diaryl/α,β-unsaturated/α-hetero) is 2. The lowest BCUT2D eigenvalue weighted by Crippen LogP contribution is -2.49. The number of ketones is 2. The van der Waals surface area contributed by atoms with Gasteiger partial charge in [-0.1, -0.05) is 72.3 Å². The maximum absolute atomic E-state index is 14.8. The Labute approximate surface area is 251 Å². The molecule has 1 saturated heterocycles. The summed E-state index contributed by atoms with van der Waals surface area (Å²) in [6.07, 6.45) is 3.86. The summed E-state index contributed by atoms with van der Waals surface area (Å²) in [6, 6.07) is 28.4. The molecule has 4 aromatic rings. The number of ether oxygens (including phenoxy) is 1. The predicted octanol–water partition coefficient (Wildman–Crippen LogP) is 6.76. The van der Waals surface area contributed by atoms with Crippen molar-refractivity contribution < 1.29 is 19.1 Å². The van der Waals surface area contributed by atoms with E-state index in [1.807, 2.05) is 98.6 Å². The number of amides is 1. The maximum atomic E-state index is 14.8. The van der Waals surface area contributed by atoms with E-state index in [0.717, 1.165) is 22.3 Å². The molecule has 3 aliphatic rings. The third-order valence-electron chi connectivity index (χ3n) is 8.97. The van der Waals surface area contributed by atoms with Gasteiger partial charge in [-0.2, -0.15) is 0 Å². The molecule has 3 aliphatic heterocycles. The Morgan fingerprint density at radius 2 is 1.49 bits per heavy atom. The second kappa shape index (κ2) is 10.1. The van der Waals surface area contributed by atoms with Gasteiger partial charge < -0.3 is 15.0 Å². The van der Waals surface area contributed by atoms with Gasteiger partial charge >= 0.3 is 0 Å². The van der Waals surface area contributed by atoms with Gasteiger partial charge in [0.1, 0.15) is 17.2 Å². The molecule has 0 saturated carbocycles. The zero-order valence-electron chi connectivity index (χ0n) is 24.3. The van der Waals surface area contributed by atoms with Crippen LogP contribution in [-0.2, 0) is 10.2 Å². The fraction of sp³-hybridized carbons (Fsp3) is 0.216. The highest BCUT2D eigenvalue weighted by Gasteiger charge is 2.70. The average molecular weight is 569 g/mol. The van der Waals surface area contributed by atoms with Crippen LogP contribution in [0.15, 0.2) is 103 Å². The number of hydrogen-bond acceptors (Lipinski definition) is 5. The van der Waals surface area contributed by atoms with Crippen molar-refractivity contribution in [1.29, 1.82) is 0 Å². The van der Waals surface area contributed by atoms with Crippen molar-refractivity contribution in [2.24, 2.45) is 5.92 Å². The highest BCUT2D eigenvalue weighted by molar-refractivity contribution is 6.16. The summed E-state index contributed by atoms with van der Waals surface area (Å²) in [5, 5.41) is 3.09. The predicted molar refractivity (Wildman–Crippen MR) is 166 cm³/mol. The molecule has 6 heteroatoms. The summed E-state index contributed by atoms with van der Waals surface area (Å²) in [5.74, 6) is -1.06. The molecule has 0 aliphatic carbocycles. The SMILES string of the molecule is Cc1ccc(C(=O)[C@@H]2[C@H](C(=O)c3ccc(OC(C)C)cc3)N3C=Cc4ccccc4[C@@H]3[C@]23C(=O)Nc2ccccc23)cc1. The molecular weight excluding hydrogens is 536 g/mol. The molecule has 4 aromatic carbocycles. The Hall–Kier alpha value is -4.97. The summed E-state index contributed by atoms with van der Waals surface area (Å²) in [6.45, 7) is 5.86. The topological polar surface area (TPSA) is 75.7 Å². The molecule has 4 atom stereocenters. The number of benzene rings is 4. The Balaban J connectivity index is 1.47. The fourth-order valence-corrected chi connectivity index (χ4v) is 7.21. The molecule has 0 radical (unpaired) electrons. The minimum Gasteiger partial charge on any atom is -0.491 e. The second-order valence-corrected chi connectivity index (χ2v) is 11.9. The van der Waals surface area contributed by atoms with Gasteiger partial charge in [-0.25, -0.2) is 0 Å². The summed E-state index contributed by atoms with van der Waals surface area (Å²) in [7, 11) is 0. The van der Waals surface area contributed by atoms with Crippen molar-refractivity contribution in [3.63, 3.8) is 0 Å². The van der Waals surface area contributed by atoms with Crippen LogP contribution in [-0.4, -0.2) is 34.5 Å². The van der Waals surface area contributed by atoms with E-state index < -0.39 is 23.4 Å². The first-order valence-electron chi connectivity index (χ1n) is 14.7. The summed E-state index contributed by atoms with van der Waals surface area (Å²) in [5.41, 5.74) is 3.89. The van der Waals surface area contributed by atoms with E-state index in [1.165, 1.54) is 0 Å². The van der Waals surface area contributed by atoms with Crippen molar-refractivity contribution in [3.8, 4) is 5.75 Å². The van der Waals surface area contributed by atoms with Crippen molar-refractivity contribution in [1.82, 2.24) is 4.90 Å². The van der Waals surface area contributed by atoms with Gasteiger partial charge in [-0.15, -0.1) is 0 Å². The molecule has 1 fully saturated rings. The van der Waals surface area contributed by atoms with Crippen LogP contribution in [0.4, 0.5) is 5.69 Å². The van der Waals surface area contributed by atoms with Crippen LogP contribution >= 0.6 is 0 Å². The summed E-state index contributed by atoms with van der Waals surface area (Å²) >= 11 is 0. The minimum atomic E-state index is -1.35. The van der Waals surface area contributed by atoms with Crippen molar-refractivity contribution >= 4 is 29.2 Å². The van der Waals surface area contributed by atoms with Crippen LogP contribution < -0.4 is 10.1 Å².